The Balaban J connectivity index is 1.80. The van der Waals surface area contributed by atoms with Crippen LogP contribution in [-0.4, -0.2) is 31.7 Å². The van der Waals surface area contributed by atoms with E-state index in [-0.39, 0.29) is 17.9 Å². The average Bonchev–Trinajstić information content (AvgIpc) is 2.66. The highest BCUT2D eigenvalue weighted by molar-refractivity contribution is 5.96. The molecule has 2 aromatic carbocycles. The van der Waals surface area contributed by atoms with Crippen LogP contribution < -0.4 is 15.5 Å². The third-order valence-electron chi connectivity index (χ3n) is 3.94. The minimum Gasteiger partial charge on any atom is -0.497 e. The Labute approximate surface area is 159 Å². The molecule has 0 saturated heterocycles. The molecule has 0 aromatic heterocycles. The molecule has 142 valence electrons. The third-order valence-corrected chi connectivity index (χ3v) is 3.94. The van der Waals surface area contributed by atoms with Gasteiger partial charge in [0, 0.05) is 5.56 Å². The first-order chi connectivity index (χ1) is 12.8. The SMILES string of the molecule is COc1ccc(/C=N/NC(=O)CNC(=O)c2ccc(C(C)(C)C)cc2)cc1. The summed E-state index contributed by atoms with van der Waals surface area (Å²) >= 11 is 0. The summed E-state index contributed by atoms with van der Waals surface area (Å²) in [7, 11) is 1.59. The van der Waals surface area contributed by atoms with Crippen LogP contribution in [0.3, 0.4) is 0 Å². The Hall–Kier alpha value is -3.15. The molecule has 0 aliphatic heterocycles. The second-order valence-electron chi connectivity index (χ2n) is 7.08. The van der Waals surface area contributed by atoms with Crippen molar-refractivity contribution in [1.82, 2.24) is 10.7 Å². The van der Waals surface area contributed by atoms with Gasteiger partial charge in [0.05, 0.1) is 19.9 Å². The van der Waals surface area contributed by atoms with Gasteiger partial charge in [0.15, 0.2) is 0 Å². The van der Waals surface area contributed by atoms with E-state index >= 15 is 0 Å². The molecule has 0 bridgehead atoms. The van der Waals surface area contributed by atoms with Gasteiger partial charge in [-0.3, -0.25) is 9.59 Å². The standard InChI is InChI=1S/C21H25N3O3/c1-21(2,3)17-9-7-16(8-10-17)20(26)22-14-19(25)24-23-13-15-5-11-18(27-4)12-6-15/h5-13H,14H2,1-4H3,(H,22,26)(H,24,25)/b23-13+. The molecule has 2 rings (SSSR count). The van der Waals surface area contributed by atoms with Gasteiger partial charge in [-0.05, 0) is 52.9 Å². The van der Waals surface area contributed by atoms with Gasteiger partial charge in [-0.2, -0.15) is 5.10 Å². The van der Waals surface area contributed by atoms with Crippen LogP contribution in [0, 0.1) is 0 Å². The van der Waals surface area contributed by atoms with Crippen LogP contribution in [0.5, 0.6) is 5.75 Å². The van der Waals surface area contributed by atoms with Gasteiger partial charge in [-0.1, -0.05) is 32.9 Å². The monoisotopic (exact) mass is 367 g/mol. The van der Waals surface area contributed by atoms with Crippen LogP contribution in [0.15, 0.2) is 53.6 Å². The van der Waals surface area contributed by atoms with Crippen LogP contribution in [0.1, 0.15) is 42.3 Å². The summed E-state index contributed by atoms with van der Waals surface area (Å²) in [5.41, 5.74) is 4.88. The summed E-state index contributed by atoms with van der Waals surface area (Å²) in [4.78, 5) is 23.9. The van der Waals surface area contributed by atoms with E-state index in [2.05, 4.69) is 36.6 Å². The van der Waals surface area contributed by atoms with Crippen molar-refractivity contribution in [2.45, 2.75) is 26.2 Å². The second kappa shape index (κ2) is 8.98. The summed E-state index contributed by atoms with van der Waals surface area (Å²) in [6.07, 6.45) is 1.52. The molecule has 27 heavy (non-hydrogen) atoms. The van der Waals surface area contributed by atoms with Crippen molar-refractivity contribution >= 4 is 18.0 Å². The fourth-order valence-electron chi connectivity index (χ4n) is 2.29. The molecule has 0 atom stereocenters. The Morgan fingerprint density at radius 2 is 1.67 bits per heavy atom. The molecule has 0 fully saturated rings. The Kier molecular flexibility index (Phi) is 6.71. The van der Waals surface area contributed by atoms with Crippen LogP contribution in [-0.2, 0) is 10.2 Å². The number of benzene rings is 2. The third kappa shape index (κ3) is 6.26. The van der Waals surface area contributed by atoms with Gasteiger partial charge in [0.2, 0.25) is 0 Å². The highest BCUT2D eigenvalue weighted by Gasteiger charge is 2.14. The molecular weight excluding hydrogens is 342 g/mol. The molecule has 6 heteroatoms. The van der Waals surface area contributed by atoms with Gasteiger partial charge in [0.25, 0.3) is 11.8 Å². The summed E-state index contributed by atoms with van der Waals surface area (Å²) in [6, 6.07) is 14.6. The van der Waals surface area contributed by atoms with E-state index in [1.165, 1.54) is 6.21 Å². The molecule has 0 unspecified atom stereocenters. The van der Waals surface area contributed by atoms with Crippen molar-refractivity contribution in [1.29, 1.82) is 0 Å². The minimum atomic E-state index is -0.403. The van der Waals surface area contributed by atoms with Crippen LogP contribution >= 0.6 is 0 Å². The van der Waals surface area contributed by atoms with E-state index in [4.69, 9.17) is 4.74 Å². The molecule has 0 heterocycles. The summed E-state index contributed by atoms with van der Waals surface area (Å²) in [5.74, 6) is 0.0404. The number of hydrogen-bond acceptors (Lipinski definition) is 4. The number of ether oxygens (including phenoxy) is 1. The number of nitrogens with one attached hydrogen (secondary N) is 2. The Bertz CT molecular complexity index is 804. The maximum Gasteiger partial charge on any atom is 0.259 e. The first kappa shape index (κ1) is 20.2. The number of hydrogen-bond donors (Lipinski definition) is 2. The Morgan fingerprint density at radius 1 is 1.04 bits per heavy atom. The number of carbonyl (C=O) groups is 2. The lowest BCUT2D eigenvalue weighted by atomic mass is 9.87. The van der Waals surface area contributed by atoms with Crippen LogP contribution in [0.4, 0.5) is 0 Å². The molecule has 2 amide bonds. The van der Waals surface area contributed by atoms with Crippen molar-refractivity contribution < 1.29 is 14.3 Å². The average molecular weight is 367 g/mol. The smallest absolute Gasteiger partial charge is 0.259 e. The normalized spacial score (nSPS) is 11.3. The van der Waals surface area contributed by atoms with Gasteiger partial charge < -0.3 is 10.1 Å². The molecule has 0 radical (unpaired) electrons. The zero-order chi connectivity index (χ0) is 19.9. The number of methoxy groups -OCH3 is 1. The van der Waals surface area contributed by atoms with Crippen LogP contribution in [0.25, 0.3) is 0 Å². The van der Waals surface area contributed by atoms with E-state index in [0.717, 1.165) is 16.9 Å². The first-order valence-corrected chi connectivity index (χ1v) is 8.64. The summed E-state index contributed by atoms with van der Waals surface area (Å²) in [6.45, 7) is 6.18. The zero-order valence-electron chi connectivity index (χ0n) is 16.1. The lowest BCUT2D eigenvalue weighted by molar-refractivity contribution is -0.120. The molecule has 0 aliphatic carbocycles. The van der Waals surface area contributed by atoms with Crippen molar-refractivity contribution in [3.05, 3.63) is 65.2 Å². The molecule has 6 nitrogen and oxygen atoms in total. The van der Waals surface area contributed by atoms with E-state index in [1.807, 2.05) is 24.3 Å². The van der Waals surface area contributed by atoms with Crippen molar-refractivity contribution in [3.8, 4) is 5.75 Å². The van der Waals surface area contributed by atoms with E-state index in [9.17, 15) is 9.59 Å². The molecule has 0 saturated carbocycles. The summed E-state index contributed by atoms with van der Waals surface area (Å²) in [5, 5.41) is 6.45. The number of hydrazone groups is 1. The van der Waals surface area contributed by atoms with E-state index in [0.29, 0.717) is 5.56 Å². The quantitative estimate of drug-likeness (QED) is 0.609. The highest BCUT2D eigenvalue weighted by Crippen LogP contribution is 2.22. The maximum absolute atomic E-state index is 12.1. The molecule has 2 aromatic rings. The van der Waals surface area contributed by atoms with Crippen molar-refractivity contribution in [2.75, 3.05) is 13.7 Å². The predicted molar refractivity (Wildman–Crippen MR) is 106 cm³/mol. The number of carbonyl (C=O) groups excluding carboxylic acids is 2. The predicted octanol–water partition coefficient (Wildman–Crippen LogP) is 2.87. The molecule has 0 spiro atoms. The number of amides is 2. The first-order valence-electron chi connectivity index (χ1n) is 8.64. The van der Waals surface area contributed by atoms with Crippen LogP contribution in [0.2, 0.25) is 0 Å². The Morgan fingerprint density at radius 3 is 2.22 bits per heavy atom. The van der Waals surface area contributed by atoms with Crippen molar-refractivity contribution in [3.63, 3.8) is 0 Å². The van der Waals surface area contributed by atoms with E-state index in [1.54, 1.807) is 31.4 Å². The largest absolute Gasteiger partial charge is 0.497 e. The van der Waals surface area contributed by atoms with Gasteiger partial charge in [-0.25, -0.2) is 5.43 Å². The maximum atomic E-state index is 12.1. The minimum absolute atomic E-state index is 0.0246. The lowest BCUT2D eigenvalue weighted by Crippen LogP contribution is -2.34. The van der Waals surface area contributed by atoms with Gasteiger partial charge >= 0.3 is 0 Å². The molecular formula is C21H25N3O3. The zero-order valence-corrected chi connectivity index (χ0v) is 16.1. The lowest BCUT2D eigenvalue weighted by Gasteiger charge is -2.19. The van der Waals surface area contributed by atoms with E-state index < -0.39 is 5.91 Å². The molecule has 2 N–H and O–H groups in total. The second-order valence-corrected chi connectivity index (χ2v) is 7.08. The van der Waals surface area contributed by atoms with Gasteiger partial charge in [-0.15, -0.1) is 0 Å². The van der Waals surface area contributed by atoms with Crippen molar-refractivity contribution in [2.24, 2.45) is 5.10 Å². The fourth-order valence-corrected chi connectivity index (χ4v) is 2.29. The fraction of sp³-hybridized carbons (Fsp3) is 0.286. The molecule has 0 aliphatic rings. The highest BCUT2D eigenvalue weighted by atomic mass is 16.5. The topological polar surface area (TPSA) is 79.8 Å². The number of rotatable bonds is 6. The van der Waals surface area contributed by atoms with Gasteiger partial charge in [0.1, 0.15) is 5.75 Å². The number of nitrogens with zero attached hydrogens (tertiary/aromatic N) is 1. The summed E-state index contributed by atoms with van der Waals surface area (Å²) < 4.78 is 5.07.